The SMILES string of the molecule is C=CCC#C/C=C(C=C)\C=C(\F)CC. The molecule has 0 heterocycles. The van der Waals surface area contributed by atoms with Gasteiger partial charge in [-0.3, -0.25) is 0 Å². The van der Waals surface area contributed by atoms with Gasteiger partial charge in [-0.25, -0.2) is 4.39 Å². The van der Waals surface area contributed by atoms with Gasteiger partial charge in [0.1, 0.15) is 5.83 Å². The highest BCUT2D eigenvalue weighted by molar-refractivity contribution is 5.36. The van der Waals surface area contributed by atoms with Crippen LogP contribution in [0.25, 0.3) is 0 Å². The lowest BCUT2D eigenvalue weighted by atomic mass is 10.2. The highest BCUT2D eigenvalue weighted by Gasteiger charge is 1.90. The van der Waals surface area contributed by atoms with Crippen molar-refractivity contribution in [1.82, 2.24) is 0 Å². The van der Waals surface area contributed by atoms with Crippen LogP contribution in [0.15, 0.2) is 48.9 Å². The van der Waals surface area contributed by atoms with Crippen LogP contribution in [-0.2, 0) is 0 Å². The van der Waals surface area contributed by atoms with Gasteiger partial charge in [0.15, 0.2) is 0 Å². The Balaban J connectivity index is 4.50. The van der Waals surface area contributed by atoms with Crippen molar-refractivity contribution < 1.29 is 4.39 Å². The molecule has 0 nitrogen and oxygen atoms in total. The normalized spacial score (nSPS) is 11.6. The summed E-state index contributed by atoms with van der Waals surface area (Å²) < 4.78 is 12.9. The van der Waals surface area contributed by atoms with Crippen LogP contribution >= 0.6 is 0 Å². The van der Waals surface area contributed by atoms with Crippen molar-refractivity contribution >= 4 is 0 Å². The van der Waals surface area contributed by atoms with Crippen LogP contribution in [0.3, 0.4) is 0 Å². The fraction of sp³-hybridized carbons (Fsp3) is 0.231. The lowest BCUT2D eigenvalue weighted by Crippen LogP contribution is -1.74. The molecule has 0 saturated heterocycles. The van der Waals surface area contributed by atoms with Gasteiger partial charge in [0, 0.05) is 6.42 Å². The molecule has 0 radical (unpaired) electrons. The van der Waals surface area contributed by atoms with Gasteiger partial charge in [-0.15, -0.1) is 6.58 Å². The molecule has 0 unspecified atom stereocenters. The van der Waals surface area contributed by atoms with E-state index in [2.05, 4.69) is 25.0 Å². The minimum atomic E-state index is -0.165. The molecule has 0 aliphatic carbocycles. The third-order valence-corrected chi connectivity index (χ3v) is 1.48. The molecule has 0 aliphatic rings. The van der Waals surface area contributed by atoms with E-state index in [0.717, 1.165) is 0 Å². The Hall–Kier alpha value is -1.55. The first-order valence-corrected chi connectivity index (χ1v) is 4.52. The lowest BCUT2D eigenvalue weighted by molar-refractivity contribution is 0.604. The standard InChI is InChI=1S/C13H15F/c1-4-7-8-9-10-12(5-2)11-13(14)6-3/h4-5,10-11H,1-2,6-7H2,3H3/b12-10-,13-11+. The Morgan fingerprint density at radius 3 is 2.64 bits per heavy atom. The molecular weight excluding hydrogens is 175 g/mol. The maximum absolute atomic E-state index is 12.9. The van der Waals surface area contributed by atoms with Crippen LogP contribution in [0.4, 0.5) is 4.39 Å². The molecule has 0 aromatic carbocycles. The van der Waals surface area contributed by atoms with Gasteiger partial charge in [0.25, 0.3) is 0 Å². The molecular formula is C13H15F. The molecule has 1 heteroatoms. The molecule has 0 rings (SSSR count). The van der Waals surface area contributed by atoms with E-state index in [-0.39, 0.29) is 5.83 Å². The van der Waals surface area contributed by atoms with Crippen molar-refractivity contribution in [3.8, 4) is 11.8 Å². The summed E-state index contributed by atoms with van der Waals surface area (Å²) in [6.07, 6.45) is 7.42. The van der Waals surface area contributed by atoms with Crippen LogP contribution in [0, 0.1) is 11.8 Å². The average molecular weight is 190 g/mol. The van der Waals surface area contributed by atoms with Gasteiger partial charge in [-0.05, 0) is 24.1 Å². The molecule has 0 aromatic rings. The van der Waals surface area contributed by atoms with Gasteiger partial charge in [-0.2, -0.15) is 0 Å². The molecule has 0 aliphatic heterocycles. The highest BCUT2D eigenvalue weighted by atomic mass is 19.1. The van der Waals surface area contributed by atoms with E-state index in [9.17, 15) is 4.39 Å². The third kappa shape index (κ3) is 6.02. The molecule has 0 fully saturated rings. The van der Waals surface area contributed by atoms with Crippen LogP contribution in [-0.4, -0.2) is 0 Å². The molecule has 14 heavy (non-hydrogen) atoms. The largest absolute Gasteiger partial charge is 0.212 e. The summed E-state index contributed by atoms with van der Waals surface area (Å²) >= 11 is 0. The summed E-state index contributed by atoms with van der Waals surface area (Å²) in [7, 11) is 0. The van der Waals surface area contributed by atoms with Crippen LogP contribution in [0.2, 0.25) is 0 Å². The maximum Gasteiger partial charge on any atom is 0.100 e. The molecule has 74 valence electrons. The molecule has 0 N–H and O–H groups in total. The zero-order valence-electron chi connectivity index (χ0n) is 8.52. The Labute approximate surface area is 85.5 Å². The summed E-state index contributed by atoms with van der Waals surface area (Å²) in [5, 5.41) is 0. The number of hydrogen-bond donors (Lipinski definition) is 0. The van der Waals surface area contributed by atoms with Crippen molar-refractivity contribution in [2.45, 2.75) is 19.8 Å². The second kappa shape index (κ2) is 8.07. The number of halogens is 1. The van der Waals surface area contributed by atoms with Gasteiger partial charge in [-0.1, -0.05) is 37.5 Å². The summed E-state index contributed by atoms with van der Waals surface area (Å²) in [5.74, 6) is 5.48. The quantitative estimate of drug-likeness (QED) is 0.358. The average Bonchev–Trinajstić information content (AvgIpc) is 2.22. The first-order valence-electron chi connectivity index (χ1n) is 4.52. The van der Waals surface area contributed by atoms with Gasteiger partial charge in [0.2, 0.25) is 0 Å². The second-order valence-corrected chi connectivity index (χ2v) is 2.61. The van der Waals surface area contributed by atoms with E-state index < -0.39 is 0 Å². The predicted octanol–water partition coefficient (Wildman–Crippen LogP) is 3.94. The summed E-state index contributed by atoms with van der Waals surface area (Å²) in [6, 6.07) is 0. The van der Waals surface area contributed by atoms with Crippen LogP contribution in [0.1, 0.15) is 19.8 Å². The van der Waals surface area contributed by atoms with Crippen molar-refractivity contribution in [1.29, 1.82) is 0 Å². The highest BCUT2D eigenvalue weighted by Crippen LogP contribution is 2.07. The monoisotopic (exact) mass is 190 g/mol. The minimum Gasteiger partial charge on any atom is -0.212 e. The summed E-state index contributed by atoms with van der Waals surface area (Å²) in [4.78, 5) is 0. The van der Waals surface area contributed by atoms with Gasteiger partial charge < -0.3 is 0 Å². The topological polar surface area (TPSA) is 0 Å². The lowest BCUT2D eigenvalue weighted by Gasteiger charge is -1.91. The molecule has 0 atom stereocenters. The zero-order chi connectivity index (χ0) is 10.8. The van der Waals surface area contributed by atoms with Gasteiger partial charge in [0.05, 0.1) is 0 Å². The van der Waals surface area contributed by atoms with Crippen LogP contribution < -0.4 is 0 Å². The zero-order valence-corrected chi connectivity index (χ0v) is 8.52. The number of rotatable bonds is 4. The second-order valence-electron chi connectivity index (χ2n) is 2.61. The van der Waals surface area contributed by atoms with E-state index in [1.165, 1.54) is 6.08 Å². The Morgan fingerprint density at radius 1 is 1.43 bits per heavy atom. The number of hydrogen-bond acceptors (Lipinski definition) is 0. The Morgan fingerprint density at radius 2 is 2.14 bits per heavy atom. The minimum absolute atomic E-state index is 0.165. The van der Waals surface area contributed by atoms with E-state index in [4.69, 9.17) is 0 Å². The smallest absolute Gasteiger partial charge is 0.100 e. The maximum atomic E-state index is 12.9. The van der Waals surface area contributed by atoms with Crippen molar-refractivity contribution in [2.75, 3.05) is 0 Å². The molecule has 0 saturated carbocycles. The molecule has 0 bridgehead atoms. The fourth-order valence-corrected chi connectivity index (χ4v) is 0.708. The van der Waals surface area contributed by atoms with E-state index in [1.807, 2.05) is 0 Å². The summed E-state index contributed by atoms with van der Waals surface area (Å²) in [5.41, 5.74) is 0.695. The van der Waals surface area contributed by atoms with Crippen LogP contribution in [0.5, 0.6) is 0 Å². The first-order chi connectivity index (χ1) is 6.74. The summed E-state index contributed by atoms with van der Waals surface area (Å²) in [6.45, 7) is 8.88. The Kier molecular flexibility index (Phi) is 7.17. The Bertz CT molecular complexity index is 308. The molecule has 0 amide bonds. The number of allylic oxidation sites excluding steroid dienone is 6. The first kappa shape index (κ1) is 12.5. The van der Waals surface area contributed by atoms with Crippen molar-refractivity contribution in [3.63, 3.8) is 0 Å². The van der Waals surface area contributed by atoms with E-state index in [0.29, 0.717) is 18.4 Å². The van der Waals surface area contributed by atoms with Gasteiger partial charge >= 0.3 is 0 Å². The molecule has 0 spiro atoms. The fourth-order valence-electron chi connectivity index (χ4n) is 0.708. The predicted molar refractivity (Wildman–Crippen MR) is 60.4 cm³/mol. The van der Waals surface area contributed by atoms with Crippen molar-refractivity contribution in [2.24, 2.45) is 0 Å². The van der Waals surface area contributed by atoms with Crippen molar-refractivity contribution in [3.05, 3.63) is 48.9 Å². The van der Waals surface area contributed by atoms with E-state index >= 15 is 0 Å². The molecule has 0 aromatic heterocycles. The third-order valence-electron chi connectivity index (χ3n) is 1.48. The van der Waals surface area contributed by atoms with E-state index in [1.54, 1.807) is 25.2 Å².